The van der Waals surface area contributed by atoms with E-state index >= 15 is 0 Å². The van der Waals surface area contributed by atoms with E-state index in [0.717, 1.165) is 0 Å². The van der Waals surface area contributed by atoms with Gasteiger partial charge in [-0.1, -0.05) is 0 Å². The predicted molar refractivity (Wildman–Crippen MR) is 68.7 cm³/mol. The van der Waals surface area contributed by atoms with Crippen LogP contribution in [0.5, 0.6) is 0 Å². The van der Waals surface area contributed by atoms with Gasteiger partial charge in [0.15, 0.2) is 0 Å². The third kappa shape index (κ3) is 3.46. The fourth-order valence-corrected chi connectivity index (χ4v) is 2.85. The molecule has 0 saturated heterocycles. The molecule has 0 amide bonds. The van der Waals surface area contributed by atoms with Crippen LogP contribution < -0.4 is 5.32 Å². The molecule has 1 saturated carbocycles. The lowest BCUT2D eigenvalue weighted by Crippen LogP contribution is -2.19. The Morgan fingerprint density at radius 2 is 2.40 bits per heavy atom. The van der Waals surface area contributed by atoms with Gasteiger partial charge in [0.1, 0.15) is 29.9 Å². The second kappa shape index (κ2) is 6.68. The summed E-state index contributed by atoms with van der Waals surface area (Å²) in [6, 6.07) is 1.89. The number of anilines is 1. The minimum absolute atomic E-state index is 0.0888. The van der Waals surface area contributed by atoms with Crippen LogP contribution >= 0.6 is 8.25 Å². The highest BCUT2D eigenvalue weighted by Crippen LogP contribution is 2.35. The van der Waals surface area contributed by atoms with Crippen molar-refractivity contribution in [2.24, 2.45) is 5.92 Å². The lowest BCUT2D eigenvalue weighted by molar-refractivity contribution is 0.106. The van der Waals surface area contributed by atoms with Crippen molar-refractivity contribution in [1.82, 2.24) is 9.97 Å². The van der Waals surface area contributed by atoms with Crippen molar-refractivity contribution in [3.05, 3.63) is 18.1 Å². The molecule has 20 heavy (non-hydrogen) atoms. The molecule has 1 aromatic heterocycles. The van der Waals surface area contributed by atoms with Crippen molar-refractivity contribution in [3.8, 4) is 6.07 Å². The fourth-order valence-electron chi connectivity index (χ4n) is 2.36. The first-order chi connectivity index (χ1) is 9.63. The molecule has 0 radical (unpaired) electrons. The number of nitrogens with one attached hydrogen (secondary N) is 1. The summed E-state index contributed by atoms with van der Waals surface area (Å²) >= 11 is 0. The van der Waals surface area contributed by atoms with Crippen LogP contribution in [0.2, 0.25) is 0 Å². The molecule has 0 aliphatic heterocycles. The summed E-state index contributed by atoms with van der Waals surface area (Å²) in [4.78, 5) is 16.6. The van der Waals surface area contributed by atoms with E-state index in [-0.39, 0.29) is 18.6 Å². The van der Waals surface area contributed by atoms with Crippen molar-refractivity contribution in [2.75, 3.05) is 11.9 Å². The molecule has 4 atom stereocenters. The molecule has 106 valence electrons. The molecule has 2 rings (SSSR count). The van der Waals surface area contributed by atoms with Gasteiger partial charge in [0.2, 0.25) is 0 Å². The smallest absolute Gasteiger partial charge is 0.396 e. The molecule has 1 aliphatic rings. The third-order valence-electron chi connectivity index (χ3n) is 3.26. The van der Waals surface area contributed by atoms with Crippen molar-refractivity contribution >= 4 is 14.1 Å². The number of hydrogen-bond acceptors (Lipinski definition) is 7. The molecule has 0 spiro atoms. The Morgan fingerprint density at radius 3 is 3.05 bits per heavy atom. The van der Waals surface area contributed by atoms with E-state index in [4.69, 9.17) is 14.7 Å². The van der Waals surface area contributed by atoms with Crippen molar-refractivity contribution in [3.63, 3.8) is 0 Å². The van der Waals surface area contributed by atoms with Gasteiger partial charge in [0.05, 0.1) is 6.20 Å². The Hall–Kier alpha value is -1.65. The Labute approximate surface area is 116 Å². The topological polar surface area (TPSA) is 128 Å². The number of aromatic nitrogens is 2. The van der Waals surface area contributed by atoms with Crippen LogP contribution in [0.15, 0.2) is 12.5 Å². The number of aliphatic hydroxyl groups is 1. The number of rotatable bonds is 5. The van der Waals surface area contributed by atoms with E-state index in [0.29, 0.717) is 24.2 Å². The first kappa shape index (κ1) is 14.8. The van der Waals surface area contributed by atoms with Crippen LogP contribution in [0.4, 0.5) is 5.82 Å². The summed E-state index contributed by atoms with van der Waals surface area (Å²) in [5, 5.41) is 21.3. The molecule has 0 aromatic carbocycles. The van der Waals surface area contributed by atoms with Gasteiger partial charge in [0.25, 0.3) is 0 Å². The van der Waals surface area contributed by atoms with Gasteiger partial charge < -0.3 is 10.4 Å². The maximum Gasteiger partial charge on any atom is 0.695 e. The maximum atomic E-state index is 10.7. The second-order valence-electron chi connectivity index (χ2n) is 4.53. The van der Waals surface area contributed by atoms with Gasteiger partial charge in [-0.15, -0.1) is 9.42 Å². The number of nitriles is 1. The van der Waals surface area contributed by atoms with Gasteiger partial charge in [0, 0.05) is 23.1 Å². The minimum atomic E-state index is -2.70. The number of hydrogen-bond donors (Lipinski definition) is 3. The van der Waals surface area contributed by atoms with E-state index in [1.54, 1.807) is 0 Å². The Morgan fingerprint density at radius 1 is 1.60 bits per heavy atom. The van der Waals surface area contributed by atoms with Crippen LogP contribution in [0.1, 0.15) is 18.4 Å². The first-order valence-corrected chi connectivity index (χ1v) is 7.17. The molecule has 1 heterocycles. The lowest BCUT2D eigenvalue weighted by atomic mass is 10.1. The molecule has 1 fully saturated rings. The zero-order valence-electron chi connectivity index (χ0n) is 10.5. The highest BCUT2D eigenvalue weighted by molar-refractivity contribution is 7.32. The van der Waals surface area contributed by atoms with Crippen LogP contribution in [-0.2, 0) is 9.09 Å². The number of nitrogens with zero attached hydrogens (tertiary/aromatic N) is 3. The largest absolute Gasteiger partial charge is 0.695 e. The maximum absolute atomic E-state index is 10.7. The molecule has 1 aromatic rings. The Kier molecular flexibility index (Phi) is 4.93. The summed E-state index contributed by atoms with van der Waals surface area (Å²) in [7, 11) is -2.70. The Balaban J connectivity index is 2.04. The van der Waals surface area contributed by atoms with Gasteiger partial charge >= 0.3 is 8.25 Å². The monoisotopic (exact) mass is 297 g/mol. The normalized spacial score (nSPS) is 26.1. The average Bonchev–Trinajstić information content (AvgIpc) is 2.80. The fraction of sp³-hybridized carbons (Fsp3) is 0.545. The van der Waals surface area contributed by atoms with Crippen LogP contribution in [-0.4, -0.2) is 38.7 Å². The van der Waals surface area contributed by atoms with Gasteiger partial charge in [-0.3, -0.25) is 0 Å². The summed E-state index contributed by atoms with van der Waals surface area (Å²) in [6.45, 7) is -0.124. The summed E-state index contributed by atoms with van der Waals surface area (Å²) in [6.07, 6.45) is 3.28. The average molecular weight is 297 g/mol. The highest BCUT2D eigenvalue weighted by Gasteiger charge is 2.40. The van der Waals surface area contributed by atoms with Crippen molar-refractivity contribution < 1.29 is 19.1 Å². The van der Waals surface area contributed by atoms with E-state index in [1.807, 2.05) is 6.07 Å². The zero-order valence-corrected chi connectivity index (χ0v) is 11.4. The van der Waals surface area contributed by atoms with Gasteiger partial charge in [-0.25, -0.2) is 9.97 Å². The van der Waals surface area contributed by atoms with E-state index in [2.05, 4.69) is 15.3 Å². The van der Waals surface area contributed by atoms with Crippen molar-refractivity contribution in [2.45, 2.75) is 25.0 Å². The summed E-state index contributed by atoms with van der Waals surface area (Å²) < 4.78 is 15.6. The lowest BCUT2D eigenvalue weighted by Gasteiger charge is -2.13. The molecule has 3 N–H and O–H groups in total. The van der Waals surface area contributed by atoms with Crippen LogP contribution in [0.3, 0.4) is 0 Å². The quantitative estimate of drug-likeness (QED) is 0.673. The Bertz CT molecular complexity index is 535. The first-order valence-electron chi connectivity index (χ1n) is 6.04. The van der Waals surface area contributed by atoms with Crippen molar-refractivity contribution in [1.29, 1.82) is 5.26 Å². The summed E-state index contributed by atoms with van der Waals surface area (Å²) in [5.41, 5.74) is 0.325. The molecule has 1 unspecified atom stereocenters. The zero-order chi connectivity index (χ0) is 14.5. The third-order valence-corrected chi connectivity index (χ3v) is 3.71. The van der Waals surface area contributed by atoms with Gasteiger partial charge in [-0.05, 0) is 12.8 Å². The van der Waals surface area contributed by atoms with Gasteiger partial charge in [-0.2, -0.15) is 5.26 Å². The molecule has 0 bridgehead atoms. The molecule has 8 nitrogen and oxygen atoms in total. The van der Waals surface area contributed by atoms with E-state index in [1.165, 1.54) is 12.5 Å². The standard InChI is InChI=1S/C11H13N4O4P/c12-3-8-4-13-6-14-11(8)15-9-1-7(5-16)10(2-9)19-20(17)18/h4,6-7,9-10,16H,1-2,5H2,(H-,13,14,15,17,18)/p+1/t7-,9-,10+/m1/s1. The minimum Gasteiger partial charge on any atom is -0.396 e. The predicted octanol–water partition coefficient (Wildman–Crippen LogP) is 0.566. The van der Waals surface area contributed by atoms with Crippen LogP contribution in [0.25, 0.3) is 0 Å². The van der Waals surface area contributed by atoms with Crippen LogP contribution in [0, 0.1) is 17.2 Å². The van der Waals surface area contributed by atoms with E-state index < -0.39 is 14.4 Å². The SMILES string of the molecule is N#Cc1cncnc1N[C@@H]1C[C@H](CO)[C@@H](O[P+](=O)O)C1. The highest BCUT2D eigenvalue weighted by atomic mass is 31.1. The molecule has 1 aliphatic carbocycles. The van der Waals surface area contributed by atoms with E-state index in [9.17, 15) is 9.67 Å². The molecular formula is C11H14N4O4P+. The second-order valence-corrected chi connectivity index (χ2v) is 5.22. The summed E-state index contributed by atoms with van der Waals surface area (Å²) in [5.74, 6) is 0.198. The number of aliphatic hydroxyl groups excluding tert-OH is 1. The molecule has 9 heteroatoms. The molecular weight excluding hydrogens is 283 g/mol.